The number of aromatic nitrogens is 2. The highest BCUT2D eigenvalue weighted by molar-refractivity contribution is 8.22. The largest absolute Gasteiger partial charge is 0.283 e. The number of carbonyl (C=O) groups excluding carboxylic acids is 1. The van der Waals surface area contributed by atoms with Crippen molar-refractivity contribution in [3.8, 4) is 16.9 Å². The first-order valence-corrected chi connectivity index (χ1v) is 17.8. The molecule has 5 aromatic carbocycles. The smallest absolute Gasteiger partial charge is 0.266 e. The first-order chi connectivity index (χ1) is 23.1. The van der Waals surface area contributed by atoms with E-state index in [-0.39, 0.29) is 5.91 Å². The average molecular weight is 665 g/mol. The molecule has 0 aliphatic carbocycles. The fourth-order valence-corrected chi connectivity index (χ4v) is 11.2. The van der Waals surface area contributed by atoms with E-state index in [9.17, 15) is 4.79 Å². The number of benzene rings is 5. The third kappa shape index (κ3) is 5.82. The van der Waals surface area contributed by atoms with Gasteiger partial charge in [-0.2, -0.15) is 5.10 Å². The summed E-state index contributed by atoms with van der Waals surface area (Å²) in [7, 11) is 0. The third-order valence-electron chi connectivity index (χ3n) is 7.83. The number of hydrogen-bond donors (Lipinski definition) is 0. The number of carbonyl (C=O) groups is 1. The van der Waals surface area contributed by atoms with Gasteiger partial charge in [0.05, 0.1) is 22.9 Å². The van der Waals surface area contributed by atoms with Crippen LogP contribution in [-0.2, 0) is 4.79 Å². The quantitative estimate of drug-likeness (QED) is 0.0981. The molecule has 0 atom stereocenters. The molecule has 1 aliphatic heterocycles. The van der Waals surface area contributed by atoms with Crippen molar-refractivity contribution in [2.75, 3.05) is 0 Å². The summed E-state index contributed by atoms with van der Waals surface area (Å²) in [5, 5.41) is 9.00. The molecule has 226 valence electrons. The van der Waals surface area contributed by atoms with Crippen molar-refractivity contribution >= 4 is 68.6 Å². The normalized spacial score (nSPS) is 13.7. The summed E-state index contributed by atoms with van der Waals surface area (Å²) in [6, 6.07) is 47.7. The van der Waals surface area contributed by atoms with Gasteiger partial charge in [0.2, 0.25) is 5.42 Å². The summed E-state index contributed by atoms with van der Waals surface area (Å²) in [5.41, 5.74) is 3.68. The van der Waals surface area contributed by atoms with E-state index in [1.807, 2.05) is 121 Å². The highest BCUT2D eigenvalue weighted by atomic mass is 35.5. The molecule has 1 amide bonds. The van der Waals surface area contributed by atoms with Gasteiger partial charge in [-0.05, 0) is 53.1 Å². The molecule has 5 nitrogen and oxygen atoms in total. The molecule has 1 aromatic heterocycles. The van der Waals surface area contributed by atoms with Crippen molar-refractivity contribution in [3.63, 3.8) is 0 Å². The molecule has 0 N–H and O–H groups in total. The molecule has 0 saturated heterocycles. The standard InChI is InChI=1S/C39H26ClN4OPS/c1-41-38(46(32-16-8-3-9-17-32,33-18-10-4-11-19-33)34-20-12-5-13-21-34)39-42-37(45)35(47-39)26-29-27-44(31-14-6-2-7-15-31)43-36(29)28-22-24-30(40)25-23-28/h2-27H/b35-26+. The monoisotopic (exact) mass is 664 g/mol. The number of amides is 1. The van der Waals surface area contributed by atoms with E-state index in [0.29, 0.717) is 26.1 Å². The third-order valence-corrected chi connectivity index (χ3v) is 13.4. The maximum atomic E-state index is 13.7. The van der Waals surface area contributed by atoms with Crippen molar-refractivity contribution in [1.29, 1.82) is 0 Å². The molecule has 1 aliphatic rings. The van der Waals surface area contributed by atoms with Gasteiger partial charge in [0, 0.05) is 22.3 Å². The van der Waals surface area contributed by atoms with Crippen LogP contribution in [0.1, 0.15) is 5.56 Å². The Morgan fingerprint density at radius 3 is 1.77 bits per heavy atom. The van der Waals surface area contributed by atoms with Crippen LogP contribution in [0.2, 0.25) is 5.02 Å². The molecule has 2 heterocycles. The number of para-hydroxylation sites is 1. The minimum absolute atomic E-state index is 0.382. The molecular weight excluding hydrogens is 639 g/mol. The second kappa shape index (κ2) is 13.3. The maximum absolute atomic E-state index is 13.7. The number of rotatable bonds is 7. The minimum Gasteiger partial charge on any atom is -0.266 e. The van der Waals surface area contributed by atoms with Gasteiger partial charge in [0.1, 0.15) is 5.04 Å². The van der Waals surface area contributed by atoms with Crippen molar-refractivity contribution < 1.29 is 4.79 Å². The molecule has 0 unspecified atom stereocenters. The van der Waals surface area contributed by atoms with Crippen molar-refractivity contribution in [1.82, 2.24) is 9.78 Å². The minimum atomic E-state index is -2.74. The van der Waals surface area contributed by atoms with E-state index in [1.165, 1.54) is 11.8 Å². The Bertz CT molecular complexity index is 2140. The second-order valence-corrected chi connectivity index (χ2v) is 15.4. The summed E-state index contributed by atoms with van der Waals surface area (Å²) < 4.78 is 1.80. The summed E-state index contributed by atoms with van der Waals surface area (Å²) >= 11 is 7.45. The Morgan fingerprint density at radius 1 is 0.745 bits per heavy atom. The zero-order chi connectivity index (χ0) is 32.2. The molecule has 0 fully saturated rings. The van der Waals surface area contributed by atoms with Gasteiger partial charge in [-0.25, -0.2) is 14.5 Å². The second-order valence-electron chi connectivity index (χ2n) is 10.7. The summed E-state index contributed by atoms with van der Waals surface area (Å²) in [6.07, 6.45) is 3.74. The summed E-state index contributed by atoms with van der Waals surface area (Å²) in [6.45, 7) is 5.87. The van der Waals surface area contributed by atoms with Gasteiger partial charge >= 0.3 is 0 Å². The summed E-state index contributed by atoms with van der Waals surface area (Å²) in [5.74, 6) is -0.382. The molecule has 6 aromatic rings. The number of thioether (sulfide) groups is 1. The van der Waals surface area contributed by atoms with Crippen LogP contribution in [0.15, 0.2) is 162 Å². The van der Waals surface area contributed by atoms with Gasteiger partial charge in [0.25, 0.3) is 5.91 Å². The zero-order valence-electron chi connectivity index (χ0n) is 24.9. The van der Waals surface area contributed by atoms with E-state index in [4.69, 9.17) is 23.3 Å². The lowest BCUT2D eigenvalue weighted by molar-refractivity contribution is -0.113. The Morgan fingerprint density at radius 2 is 1.26 bits per heavy atom. The van der Waals surface area contributed by atoms with Crippen molar-refractivity contribution in [2.45, 2.75) is 0 Å². The highest BCUT2D eigenvalue weighted by Crippen LogP contribution is 2.49. The van der Waals surface area contributed by atoms with E-state index in [2.05, 4.69) is 46.2 Å². The Balaban J connectivity index is 1.41. The van der Waals surface area contributed by atoms with E-state index in [0.717, 1.165) is 32.7 Å². The van der Waals surface area contributed by atoms with Gasteiger partial charge in [0.15, 0.2) is 0 Å². The van der Waals surface area contributed by atoms with Gasteiger partial charge in [-0.3, -0.25) is 4.79 Å². The van der Waals surface area contributed by atoms with Crippen LogP contribution in [0, 0.1) is 6.57 Å². The molecule has 7 rings (SSSR count). The Hall–Kier alpha value is -5.18. The first-order valence-electron chi connectivity index (χ1n) is 14.8. The first kappa shape index (κ1) is 30.5. The fraction of sp³-hybridized carbons (Fsp3) is 0. The van der Waals surface area contributed by atoms with Crippen LogP contribution >= 0.6 is 30.2 Å². The predicted molar refractivity (Wildman–Crippen MR) is 199 cm³/mol. The van der Waals surface area contributed by atoms with Gasteiger partial charge < -0.3 is 0 Å². The van der Waals surface area contributed by atoms with Crippen LogP contribution in [0.4, 0.5) is 0 Å². The number of nitrogens with zero attached hydrogens (tertiary/aromatic N) is 4. The molecule has 47 heavy (non-hydrogen) atoms. The van der Waals surface area contributed by atoms with E-state index < -0.39 is 6.89 Å². The zero-order valence-corrected chi connectivity index (χ0v) is 27.4. The van der Waals surface area contributed by atoms with Crippen LogP contribution in [0.3, 0.4) is 0 Å². The Labute approximate surface area is 282 Å². The number of aliphatic imine (C=N–C) groups is 1. The lowest BCUT2D eigenvalue weighted by Crippen LogP contribution is -2.31. The van der Waals surface area contributed by atoms with Crippen LogP contribution < -0.4 is 15.9 Å². The van der Waals surface area contributed by atoms with Crippen LogP contribution in [0.5, 0.6) is 0 Å². The topological polar surface area (TPSA) is 51.6 Å². The predicted octanol–water partition coefficient (Wildman–Crippen LogP) is 8.25. The molecular formula is C39H26ClN4OPS. The lowest BCUT2D eigenvalue weighted by Gasteiger charge is -2.30. The van der Waals surface area contributed by atoms with Gasteiger partial charge in [-0.1, -0.05) is 145 Å². The van der Waals surface area contributed by atoms with Crippen molar-refractivity contribution in [3.05, 3.63) is 179 Å². The van der Waals surface area contributed by atoms with Crippen LogP contribution in [0.25, 0.3) is 27.9 Å². The van der Waals surface area contributed by atoms with Gasteiger partial charge in [-0.15, -0.1) is 0 Å². The molecule has 0 saturated carbocycles. The van der Waals surface area contributed by atoms with E-state index >= 15 is 0 Å². The maximum Gasteiger partial charge on any atom is 0.283 e. The lowest BCUT2D eigenvalue weighted by atomic mass is 10.1. The average Bonchev–Trinajstić information content (AvgIpc) is 3.72. The molecule has 0 spiro atoms. The van der Waals surface area contributed by atoms with E-state index in [1.54, 1.807) is 4.68 Å². The highest BCUT2D eigenvalue weighted by Gasteiger charge is 2.36. The number of halogens is 1. The molecule has 8 heteroatoms. The van der Waals surface area contributed by atoms with Crippen LogP contribution in [-0.4, -0.2) is 26.1 Å². The summed E-state index contributed by atoms with van der Waals surface area (Å²) in [4.78, 5) is 22.9. The number of hydrogen-bond acceptors (Lipinski definition) is 3. The van der Waals surface area contributed by atoms with Crippen molar-refractivity contribution in [2.24, 2.45) is 4.99 Å². The Kier molecular flexibility index (Phi) is 8.61. The SMILES string of the molecule is [C-]#[N+]C(C1=NC(=O)/C(=C\c2cn(-c3ccccc3)nc2-c2ccc(Cl)cc2)S1)=P(c1ccccc1)(c1ccccc1)c1ccccc1. The molecule has 0 radical (unpaired) electrons. The molecule has 0 bridgehead atoms. The fourth-order valence-electron chi connectivity index (χ4n) is 5.72.